The fourth-order valence-electron chi connectivity index (χ4n) is 2.71. The van der Waals surface area contributed by atoms with Gasteiger partial charge in [-0.15, -0.1) is 0 Å². The first-order valence-electron chi connectivity index (χ1n) is 6.62. The molecule has 0 radical (unpaired) electrons. The van der Waals surface area contributed by atoms with Crippen molar-refractivity contribution in [1.29, 1.82) is 0 Å². The lowest BCUT2D eigenvalue weighted by Gasteiger charge is -2.27. The van der Waals surface area contributed by atoms with Crippen molar-refractivity contribution in [2.75, 3.05) is 6.54 Å². The van der Waals surface area contributed by atoms with Crippen molar-refractivity contribution in [2.45, 2.75) is 44.6 Å². The molecule has 0 spiro atoms. The Balaban J connectivity index is 2.45. The highest BCUT2D eigenvalue weighted by Gasteiger charge is 2.37. The molecule has 1 aromatic rings. The number of sulfonamides is 1. The second-order valence-corrected chi connectivity index (χ2v) is 8.25. The fraction of sp³-hybridized carbons (Fsp3) is 0.571. The molecule has 0 amide bonds. The number of nitrogens with zero attached hydrogens (tertiary/aromatic N) is 1. The molecule has 1 fully saturated rings. The first kappa shape index (κ1) is 15.0. The van der Waals surface area contributed by atoms with E-state index in [1.54, 1.807) is 10.4 Å². The number of hydrogen-bond donors (Lipinski definition) is 0. The van der Waals surface area contributed by atoms with Gasteiger partial charge in [0.25, 0.3) is 0 Å². The smallest absolute Gasteiger partial charge is 0.207 e. The third kappa shape index (κ3) is 2.88. The molecule has 1 aromatic carbocycles. The van der Waals surface area contributed by atoms with Crippen LogP contribution in [0, 0.1) is 12.8 Å². The summed E-state index contributed by atoms with van der Waals surface area (Å²) in [5.74, 6) is 0.352. The molecule has 19 heavy (non-hydrogen) atoms. The second kappa shape index (κ2) is 5.54. The number of rotatable bonds is 3. The summed E-state index contributed by atoms with van der Waals surface area (Å²) >= 11 is 3.36. The van der Waals surface area contributed by atoms with Crippen molar-refractivity contribution in [2.24, 2.45) is 5.92 Å². The van der Waals surface area contributed by atoms with E-state index in [4.69, 9.17) is 0 Å². The van der Waals surface area contributed by atoms with Crippen LogP contribution in [0.4, 0.5) is 0 Å². The molecule has 0 N–H and O–H groups in total. The van der Waals surface area contributed by atoms with E-state index in [-0.39, 0.29) is 6.04 Å². The van der Waals surface area contributed by atoms with E-state index < -0.39 is 10.0 Å². The van der Waals surface area contributed by atoms with Gasteiger partial charge in [-0.3, -0.25) is 0 Å². The van der Waals surface area contributed by atoms with Crippen molar-refractivity contribution < 1.29 is 8.42 Å². The van der Waals surface area contributed by atoms with Gasteiger partial charge < -0.3 is 0 Å². The second-order valence-electron chi connectivity index (χ2n) is 5.48. The molecule has 3 nitrogen and oxygen atoms in total. The van der Waals surface area contributed by atoms with Crippen LogP contribution in [0.3, 0.4) is 0 Å². The maximum absolute atomic E-state index is 12.8. The summed E-state index contributed by atoms with van der Waals surface area (Å²) in [7, 11) is -3.38. The summed E-state index contributed by atoms with van der Waals surface area (Å²) in [5.41, 5.74) is 0.803. The van der Waals surface area contributed by atoms with Crippen molar-refractivity contribution >= 4 is 26.0 Å². The van der Waals surface area contributed by atoms with Crippen LogP contribution >= 0.6 is 15.9 Å². The van der Waals surface area contributed by atoms with Crippen LogP contribution in [0.5, 0.6) is 0 Å². The van der Waals surface area contributed by atoms with Gasteiger partial charge in [0.05, 0.1) is 4.90 Å². The Kier molecular flexibility index (Phi) is 4.38. The predicted molar refractivity (Wildman–Crippen MR) is 80.6 cm³/mol. The maximum atomic E-state index is 12.8. The van der Waals surface area contributed by atoms with E-state index in [1.807, 2.05) is 19.1 Å². The van der Waals surface area contributed by atoms with E-state index in [1.165, 1.54) is 0 Å². The average Bonchev–Trinajstić information content (AvgIpc) is 2.82. The molecule has 1 heterocycles. The monoisotopic (exact) mass is 345 g/mol. The Morgan fingerprint density at radius 2 is 2.05 bits per heavy atom. The summed E-state index contributed by atoms with van der Waals surface area (Å²) in [6, 6.07) is 5.55. The molecule has 2 rings (SSSR count). The Morgan fingerprint density at radius 3 is 2.68 bits per heavy atom. The van der Waals surface area contributed by atoms with Gasteiger partial charge >= 0.3 is 0 Å². The first-order chi connectivity index (χ1) is 8.84. The van der Waals surface area contributed by atoms with E-state index >= 15 is 0 Å². The summed E-state index contributed by atoms with van der Waals surface area (Å²) in [6.45, 7) is 6.66. The lowest BCUT2D eigenvalue weighted by atomic mass is 10.0. The minimum atomic E-state index is -3.38. The van der Waals surface area contributed by atoms with Crippen molar-refractivity contribution in [1.82, 2.24) is 4.31 Å². The zero-order chi connectivity index (χ0) is 14.2. The van der Waals surface area contributed by atoms with E-state index in [0.717, 1.165) is 22.9 Å². The van der Waals surface area contributed by atoms with Crippen LogP contribution in [0.1, 0.15) is 32.3 Å². The van der Waals surface area contributed by atoms with Crippen molar-refractivity contribution in [3.63, 3.8) is 0 Å². The van der Waals surface area contributed by atoms with Gasteiger partial charge in [-0.1, -0.05) is 35.8 Å². The lowest BCUT2D eigenvalue weighted by molar-refractivity contribution is 0.315. The van der Waals surface area contributed by atoms with E-state index in [9.17, 15) is 8.42 Å². The van der Waals surface area contributed by atoms with Gasteiger partial charge in [0.1, 0.15) is 0 Å². The molecule has 5 heteroatoms. The van der Waals surface area contributed by atoms with Gasteiger partial charge in [0, 0.05) is 17.1 Å². The maximum Gasteiger partial charge on any atom is 0.243 e. The van der Waals surface area contributed by atoms with Crippen LogP contribution in [0.2, 0.25) is 0 Å². The minimum absolute atomic E-state index is 0.128. The number of aryl methyl sites for hydroxylation is 1. The summed E-state index contributed by atoms with van der Waals surface area (Å²) in [6.07, 6.45) is 1.92. The molecule has 0 aromatic heterocycles. The molecule has 1 aliphatic rings. The normalized spacial score (nSPS) is 21.2. The topological polar surface area (TPSA) is 37.4 Å². The lowest BCUT2D eigenvalue weighted by Crippen LogP contribution is -2.38. The standard InChI is InChI=1S/C14H20BrNO2S/c1-10(2)13-5-4-8-16(13)19(17,18)14-9-12(15)7-6-11(14)3/h6-7,9-10,13H,4-5,8H2,1-3H3. The van der Waals surface area contributed by atoms with Crippen LogP contribution < -0.4 is 0 Å². The quantitative estimate of drug-likeness (QED) is 0.839. The summed E-state index contributed by atoms with van der Waals surface area (Å²) in [4.78, 5) is 0.425. The van der Waals surface area contributed by atoms with Crippen LogP contribution in [-0.2, 0) is 10.0 Å². The highest BCUT2D eigenvalue weighted by Crippen LogP contribution is 2.32. The molecule has 0 saturated carbocycles. The van der Waals surface area contributed by atoms with E-state index in [2.05, 4.69) is 29.8 Å². The zero-order valence-electron chi connectivity index (χ0n) is 11.6. The summed E-state index contributed by atoms with van der Waals surface area (Å²) in [5, 5.41) is 0. The average molecular weight is 346 g/mol. The fourth-order valence-corrected chi connectivity index (χ4v) is 5.30. The Bertz CT molecular complexity index is 569. The third-order valence-electron chi connectivity index (χ3n) is 3.75. The Hall–Kier alpha value is -0.390. The predicted octanol–water partition coefficient (Wildman–Crippen LogP) is 3.57. The van der Waals surface area contributed by atoms with Gasteiger partial charge in [-0.05, 0) is 43.4 Å². The first-order valence-corrected chi connectivity index (χ1v) is 8.85. The van der Waals surface area contributed by atoms with Crippen molar-refractivity contribution in [3.05, 3.63) is 28.2 Å². The number of halogens is 1. The molecular formula is C14H20BrNO2S. The molecule has 1 saturated heterocycles. The third-order valence-corrected chi connectivity index (χ3v) is 6.31. The van der Waals surface area contributed by atoms with Crippen LogP contribution in [0.25, 0.3) is 0 Å². The van der Waals surface area contributed by atoms with Gasteiger partial charge in [-0.2, -0.15) is 4.31 Å². The molecule has 106 valence electrons. The molecule has 0 bridgehead atoms. The van der Waals surface area contributed by atoms with Crippen molar-refractivity contribution in [3.8, 4) is 0 Å². The van der Waals surface area contributed by atoms with E-state index in [0.29, 0.717) is 17.4 Å². The Labute approximate surface area is 124 Å². The number of benzene rings is 1. The Morgan fingerprint density at radius 1 is 1.37 bits per heavy atom. The van der Waals surface area contributed by atoms with Gasteiger partial charge in [-0.25, -0.2) is 8.42 Å². The van der Waals surface area contributed by atoms with Crippen LogP contribution in [0.15, 0.2) is 27.6 Å². The molecule has 0 aliphatic carbocycles. The highest BCUT2D eigenvalue weighted by atomic mass is 79.9. The minimum Gasteiger partial charge on any atom is -0.207 e. The van der Waals surface area contributed by atoms with Gasteiger partial charge in [0.15, 0.2) is 0 Å². The molecule has 1 unspecified atom stereocenters. The largest absolute Gasteiger partial charge is 0.243 e. The van der Waals surface area contributed by atoms with Crippen LogP contribution in [-0.4, -0.2) is 25.3 Å². The summed E-state index contributed by atoms with van der Waals surface area (Å²) < 4.78 is 28.1. The SMILES string of the molecule is Cc1ccc(Br)cc1S(=O)(=O)N1CCCC1C(C)C. The number of hydrogen-bond acceptors (Lipinski definition) is 2. The van der Waals surface area contributed by atoms with Gasteiger partial charge in [0.2, 0.25) is 10.0 Å². The zero-order valence-corrected chi connectivity index (χ0v) is 14.0. The highest BCUT2D eigenvalue weighted by molar-refractivity contribution is 9.10. The molecule has 1 atom stereocenters. The molecule has 1 aliphatic heterocycles. The molecular weight excluding hydrogens is 326 g/mol.